The highest BCUT2D eigenvalue weighted by Crippen LogP contribution is 2.31. The number of carbonyl (C=O) groups is 1. The van der Waals surface area contributed by atoms with Crippen molar-refractivity contribution < 1.29 is 23.1 Å². The lowest BCUT2D eigenvalue weighted by Crippen LogP contribution is -2.16. The standard InChI is InChI=1S/C16H10F3NO3/c17-16(18,19)9-5-6-13-11(7-9)15(23)10-3-1-2-4-12(10)20(13)8-14(21)22/h1-7H,8H2,(H,21,22). The molecule has 1 heterocycles. The van der Waals surface area contributed by atoms with E-state index in [2.05, 4.69) is 0 Å². The summed E-state index contributed by atoms with van der Waals surface area (Å²) >= 11 is 0. The molecule has 0 fully saturated rings. The molecule has 4 nitrogen and oxygen atoms in total. The van der Waals surface area contributed by atoms with Crippen LogP contribution in [0.4, 0.5) is 13.2 Å². The molecule has 0 radical (unpaired) electrons. The second kappa shape index (κ2) is 5.12. The van der Waals surface area contributed by atoms with E-state index in [0.29, 0.717) is 5.52 Å². The highest BCUT2D eigenvalue weighted by molar-refractivity contribution is 5.94. The molecule has 0 atom stereocenters. The van der Waals surface area contributed by atoms with Crippen LogP contribution in [0.25, 0.3) is 21.8 Å². The zero-order valence-electron chi connectivity index (χ0n) is 11.6. The molecule has 118 valence electrons. The third kappa shape index (κ3) is 2.54. The largest absolute Gasteiger partial charge is 0.480 e. The number of carboxylic acids is 1. The number of nitrogens with zero attached hydrogens (tertiary/aromatic N) is 1. The lowest BCUT2D eigenvalue weighted by molar-refractivity contribution is -0.138. The van der Waals surface area contributed by atoms with Gasteiger partial charge in [0, 0.05) is 10.8 Å². The first-order valence-corrected chi connectivity index (χ1v) is 6.63. The summed E-state index contributed by atoms with van der Waals surface area (Å²) in [5.74, 6) is -1.15. The first kappa shape index (κ1) is 15.1. The average molecular weight is 321 g/mol. The zero-order valence-corrected chi connectivity index (χ0v) is 11.6. The SMILES string of the molecule is O=C(O)Cn1c2ccccc2c(=O)c2cc(C(F)(F)F)ccc21. The predicted octanol–water partition coefficient (Wildman–Crippen LogP) is 3.26. The molecule has 0 spiro atoms. The van der Waals surface area contributed by atoms with Gasteiger partial charge in [-0.3, -0.25) is 9.59 Å². The number of aliphatic carboxylic acids is 1. The normalized spacial score (nSPS) is 12.0. The molecule has 0 bridgehead atoms. The van der Waals surface area contributed by atoms with Crippen LogP contribution in [0.3, 0.4) is 0 Å². The summed E-state index contributed by atoms with van der Waals surface area (Å²) in [6, 6.07) is 8.99. The smallest absolute Gasteiger partial charge is 0.416 e. The van der Waals surface area contributed by atoms with E-state index in [4.69, 9.17) is 5.11 Å². The molecular weight excluding hydrogens is 311 g/mol. The van der Waals surface area contributed by atoms with E-state index in [-0.39, 0.29) is 16.3 Å². The molecule has 23 heavy (non-hydrogen) atoms. The van der Waals surface area contributed by atoms with Gasteiger partial charge < -0.3 is 9.67 Å². The van der Waals surface area contributed by atoms with E-state index in [1.807, 2.05) is 0 Å². The number of pyridine rings is 1. The monoisotopic (exact) mass is 321 g/mol. The number of rotatable bonds is 2. The van der Waals surface area contributed by atoms with Gasteiger partial charge in [-0.2, -0.15) is 13.2 Å². The number of aromatic nitrogens is 1. The third-order valence-electron chi connectivity index (χ3n) is 3.59. The molecule has 1 N–H and O–H groups in total. The van der Waals surface area contributed by atoms with E-state index in [1.165, 1.54) is 10.6 Å². The molecule has 0 aliphatic carbocycles. The van der Waals surface area contributed by atoms with Crippen molar-refractivity contribution >= 4 is 27.8 Å². The van der Waals surface area contributed by atoms with Crippen LogP contribution in [-0.2, 0) is 17.5 Å². The van der Waals surface area contributed by atoms with Gasteiger partial charge in [-0.25, -0.2) is 0 Å². The van der Waals surface area contributed by atoms with Crippen LogP contribution in [0.2, 0.25) is 0 Å². The van der Waals surface area contributed by atoms with Gasteiger partial charge >= 0.3 is 12.1 Å². The van der Waals surface area contributed by atoms with Crippen LogP contribution in [0.5, 0.6) is 0 Å². The number of benzene rings is 2. The molecule has 0 aliphatic heterocycles. The number of alkyl halides is 3. The third-order valence-corrected chi connectivity index (χ3v) is 3.59. The fraction of sp³-hybridized carbons (Fsp3) is 0.125. The maximum atomic E-state index is 12.9. The van der Waals surface area contributed by atoms with Gasteiger partial charge in [-0.1, -0.05) is 12.1 Å². The van der Waals surface area contributed by atoms with Crippen molar-refractivity contribution in [2.24, 2.45) is 0 Å². The van der Waals surface area contributed by atoms with Gasteiger partial charge in [0.15, 0.2) is 5.43 Å². The van der Waals surface area contributed by atoms with Crippen LogP contribution in [0.1, 0.15) is 5.56 Å². The van der Waals surface area contributed by atoms with Gasteiger partial charge in [0.2, 0.25) is 0 Å². The number of hydrogen-bond donors (Lipinski definition) is 1. The Hall–Kier alpha value is -2.83. The van der Waals surface area contributed by atoms with Crippen LogP contribution in [0.15, 0.2) is 47.3 Å². The number of fused-ring (bicyclic) bond motifs is 2. The molecule has 0 saturated carbocycles. The van der Waals surface area contributed by atoms with Crippen molar-refractivity contribution in [2.75, 3.05) is 0 Å². The van der Waals surface area contributed by atoms with Crippen LogP contribution in [0, 0.1) is 0 Å². The van der Waals surface area contributed by atoms with Crippen molar-refractivity contribution in [1.82, 2.24) is 4.57 Å². The highest BCUT2D eigenvalue weighted by Gasteiger charge is 2.31. The Balaban J connectivity index is 2.48. The number of hydrogen-bond acceptors (Lipinski definition) is 2. The van der Waals surface area contributed by atoms with Gasteiger partial charge in [-0.15, -0.1) is 0 Å². The van der Waals surface area contributed by atoms with Gasteiger partial charge in [0.05, 0.1) is 16.6 Å². The molecule has 2 aromatic carbocycles. The molecule has 3 rings (SSSR count). The highest BCUT2D eigenvalue weighted by atomic mass is 19.4. The summed E-state index contributed by atoms with van der Waals surface area (Å²) in [5, 5.41) is 9.09. The number of halogens is 3. The Labute approximate surface area is 127 Å². The van der Waals surface area contributed by atoms with E-state index >= 15 is 0 Å². The molecule has 1 aromatic heterocycles. The Morgan fingerprint density at radius 3 is 2.35 bits per heavy atom. The maximum absolute atomic E-state index is 12.9. The van der Waals surface area contributed by atoms with E-state index in [9.17, 15) is 22.8 Å². The van der Waals surface area contributed by atoms with E-state index < -0.39 is 29.7 Å². The summed E-state index contributed by atoms with van der Waals surface area (Å²) in [6.45, 7) is -0.456. The number of para-hydroxylation sites is 1. The Kier molecular flexibility index (Phi) is 3.35. The molecule has 0 unspecified atom stereocenters. The van der Waals surface area contributed by atoms with E-state index in [1.54, 1.807) is 18.2 Å². The summed E-state index contributed by atoms with van der Waals surface area (Å²) < 4.78 is 39.9. The quantitative estimate of drug-likeness (QED) is 0.737. The van der Waals surface area contributed by atoms with Crippen molar-refractivity contribution in [3.8, 4) is 0 Å². The summed E-state index contributed by atoms with van der Waals surface area (Å²) in [7, 11) is 0. The zero-order chi connectivity index (χ0) is 16.8. The second-order valence-corrected chi connectivity index (χ2v) is 5.06. The minimum atomic E-state index is -4.58. The predicted molar refractivity (Wildman–Crippen MR) is 78.4 cm³/mol. The topological polar surface area (TPSA) is 59.3 Å². The molecular formula is C16H10F3NO3. The average Bonchev–Trinajstić information content (AvgIpc) is 2.50. The Morgan fingerprint density at radius 1 is 1.04 bits per heavy atom. The summed E-state index contributed by atoms with van der Waals surface area (Å²) in [5.41, 5.74) is -0.973. The molecule has 7 heteroatoms. The minimum absolute atomic E-state index is 0.153. The van der Waals surface area contributed by atoms with Crippen molar-refractivity contribution in [3.63, 3.8) is 0 Å². The Bertz CT molecular complexity index is 989. The fourth-order valence-corrected chi connectivity index (χ4v) is 2.61. The van der Waals surface area contributed by atoms with Gasteiger partial charge in [-0.05, 0) is 30.3 Å². The van der Waals surface area contributed by atoms with Crippen molar-refractivity contribution in [1.29, 1.82) is 0 Å². The van der Waals surface area contributed by atoms with Crippen molar-refractivity contribution in [2.45, 2.75) is 12.7 Å². The molecule has 0 saturated heterocycles. The van der Waals surface area contributed by atoms with Gasteiger partial charge in [0.25, 0.3) is 0 Å². The summed E-state index contributed by atoms with van der Waals surface area (Å²) in [4.78, 5) is 23.6. The second-order valence-electron chi connectivity index (χ2n) is 5.06. The molecule has 0 aliphatic rings. The Morgan fingerprint density at radius 2 is 1.70 bits per heavy atom. The fourth-order valence-electron chi connectivity index (χ4n) is 2.61. The lowest BCUT2D eigenvalue weighted by Gasteiger charge is -2.14. The minimum Gasteiger partial charge on any atom is -0.480 e. The summed E-state index contributed by atoms with van der Waals surface area (Å²) in [6.07, 6.45) is -4.58. The number of carboxylic acid groups (broad SMARTS) is 1. The van der Waals surface area contributed by atoms with Crippen LogP contribution in [-0.4, -0.2) is 15.6 Å². The first-order valence-electron chi connectivity index (χ1n) is 6.63. The maximum Gasteiger partial charge on any atom is 0.416 e. The molecule has 0 amide bonds. The van der Waals surface area contributed by atoms with Gasteiger partial charge in [0.1, 0.15) is 6.54 Å². The lowest BCUT2D eigenvalue weighted by atomic mass is 10.1. The van der Waals surface area contributed by atoms with Crippen LogP contribution < -0.4 is 5.43 Å². The molecule has 3 aromatic rings. The van der Waals surface area contributed by atoms with Crippen LogP contribution >= 0.6 is 0 Å². The van der Waals surface area contributed by atoms with E-state index in [0.717, 1.165) is 18.2 Å². The first-order chi connectivity index (χ1) is 10.8. The van der Waals surface area contributed by atoms with Crippen molar-refractivity contribution in [3.05, 3.63) is 58.3 Å².